The molecule has 0 bridgehead atoms. The van der Waals surface area contributed by atoms with Crippen molar-refractivity contribution in [3.63, 3.8) is 0 Å². The van der Waals surface area contributed by atoms with Crippen molar-refractivity contribution in [2.75, 3.05) is 16.8 Å². The number of thiazole rings is 1. The van der Waals surface area contributed by atoms with Crippen molar-refractivity contribution in [1.29, 1.82) is 0 Å². The Morgan fingerprint density at radius 3 is 2.54 bits per heavy atom. The highest BCUT2D eigenvalue weighted by Gasteiger charge is 2.40. The van der Waals surface area contributed by atoms with E-state index in [0.717, 1.165) is 40.9 Å². The first-order valence-corrected chi connectivity index (χ1v) is 14.2. The second kappa shape index (κ2) is 10.9. The number of halogens is 1. The molecule has 10 heteroatoms. The van der Waals surface area contributed by atoms with Gasteiger partial charge >= 0.3 is 5.97 Å². The van der Waals surface area contributed by atoms with E-state index < -0.39 is 17.0 Å². The van der Waals surface area contributed by atoms with E-state index in [1.54, 1.807) is 25.4 Å². The Morgan fingerprint density at radius 1 is 1.12 bits per heavy atom. The predicted octanol–water partition coefficient (Wildman–Crippen LogP) is 5.36. The van der Waals surface area contributed by atoms with E-state index in [-0.39, 0.29) is 47.9 Å². The Labute approximate surface area is 240 Å². The monoisotopic (exact) mass is 570 g/mol. The molecule has 1 aliphatic heterocycles. The van der Waals surface area contributed by atoms with Gasteiger partial charge in [-0.25, -0.2) is 9.97 Å². The largest absolute Gasteiger partial charge is 0.481 e. The molecule has 1 unspecified atom stereocenters. The molecule has 0 spiro atoms. The van der Waals surface area contributed by atoms with Crippen LogP contribution in [0.5, 0.6) is 0 Å². The number of fused-ring (bicyclic) bond motifs is 1. The molecule has 41 heavy (non-hydrogen) atoms. The average molecular weight is 571 g/mol. The van der Waals surface area contributed by atoms with Crippen LogP contribution in [-0.2, 0) is 27.2 Å². The van der Waals surface area contributed by atoms with Crippen LogP contribution in [0.25, 0.3) is 22.4 Å². The van der Waals surface area contributed by atoms with Crippen molar-refractivity contribution in [3.8, 4) is 22.4 Å². The maximum Gasteiger partial charge on any atom is 0.304 e. The number of pyridine rings is 1. The summed E-state index contributed by atoms with van der Waals surface area (Å²) in [5, 5.41) is 9.26. The summed E-state index contributed by atoms with van der Waals surface area (Å²) in [6.45, 7) is 0. The Kier molecular flexibility index (Phi) is 7.08. The third-order valence-electron chi connectivity index (χ3n) is 7.49. The van der Waals surface area contributed by atoms with Crippen LogP contribution in [-0.4, -0.2) is 45.9 Å². The minimum Gasteiger partial charge on any atom is -0.481 e. The topological polar surface area (TPSA) is 104 Å². The number of carboxylic acid groups (broad SMARTS) is 1. The molecule has 1 aliphatic carbocycles. The van der Waals surface area contributed by atoms with Crippen molar-refractivity contribution >= 4 is 40.1 Å². The molecule has 4 aromatic rings. The molecule has 1 N–H and O–H groups in total. The molecular formula is C31H27FN4O4S. The molecule has 1 atom stereocenters. The van der Waals surface area contributed by atoms with Gasteiger partial charge in [-0.15, -0.1) is 0 Å². The standard InChI is InChI=1S/C31H27FN4O4S/c1-35-25(37)15-19-14-21(17-33-29(19)35)23-9-5-6-10-24(23)27-28(32)41-31(34-27)36(22-11-12-22)30(40)20(16-26(38)39)13-18-7-3-2-4-8-18/h2-10,14,17,20,22H,11-13,15-16H2,1H3,(H,38,39). The van der Waals surface area contributed by atoms with Crippen molar-refractivity contribution < 1.29 is 23.9 Å². The summed E-state index contributed by atoms with van der Waals surface area (Å²) < 4.78 is 15.6. The third kappa shape index (κ3) is 5.35. The fourth-order valence-corrected chi connectivity index (χ4v) is 6.19. The van der Waals surface area contributed by atoms with Gasteiger partial charge in [0.25, 0.3) is 0 Å². The van der Waals surface area contributed by atoms with Crippen molar-refractivity contribution in [3.05, 3.63) is 83.1 Å². The number of amides is 2. The van der Waals surface area contributed by atoms with Crippen molar-refractivity contribution in [2.45, 2.75) is 38.1 Å². The van der Waals surface area contributed by atoms with E-state index in [0.29, 0.717) is 16.9 Å². The van der Waals surface area contributed by atoms with Gasteiger partial charge in [0.2, 0.25) is 16.9 Å². The number of carbonyl (C=O) groups is 3. The Balaban J connectivity index is 1.35. The maximum absolute atomic E-state index is 15.6. The molecule has 1 fully saturated rings. The number of likely N-dealkylation sites (N-methyl/N-ethyl adjacent to an activating group) is 1. The number of benzene rings is 2. The van der Waals surface area contributed by atoms with Crippen LogP contribution in [0.2, 0.25) is 0 Å². The number of carbonyl (C=O) groups excluding carboxylic acids is 2. The van der Waals surface area contributed by atoms with Gasteiger partial charge in [0.05, 0.1) is 18.8 Å². The summed E-state index contributed by atoms with van der Waals surface area (Å²) in [5.41, 5.74) is 3.76. The quantitative estimate of drug-likeness (QED) is 0.291. The Morgan fingerprint density at radius 2 is 1.83 bits per heavy atom. The summed E-state index contributed by atoms with van der Waals surface area (Å²) in [7, 11) is 1.69. The van der Waals surface area contributed by atoms with Gasteiger partial charge in [-0.1, -0.05) is 65.9 Å². The predicted molar refractivity (Wildman–Crippen MR) is 154 cm³/mol. The number of rotatable bonds is 9. The number of hydrogen-bond donors (Lipinski definition) is 1. The van der Waals surface area contributed by atoms with Gasteiger partial charge in [-0.3, -0.25) is 24.2 Å². The maximum atomic E-state index is 15.6. The van der Waals surface area contributed by atoms with Crippen LogP contribution in [0.15, 0.2) is 66.9 Å². The van der Waals surface area contributed by atoms with Gasteiger partial charge < -0.3 is 5.11 Å². The SMILES string of the molecule is CN1C(=O)Cc2cc(-c3ccccc3-c3nc(N(C(=O)C(CC(=O)O)Cc4ccccc4)C4CC4)sc3F)cnc21. The van der Waals surface area contributed by atoms with E-state index >= 15 is 4.39 Å². The molecular weight excluding hydrogens is 543 g/mol. The highest BCUT2D eigenvalue weighted by molar-refractivity contribution is 7.14. The van der Waals surface area contributed by atoms with Gasteiger partial charge in [-0.2, -0.15) is 4.39 Å². The molecule has 8 nitrogen and oxygen atoms in total. The summed E-state index contributed by atoms with van der Waals surface area (Å²) in [6, 6.07) is 18.3. The van der Waals surface area contributed by atoms with E-state index in [4.69, 9.17) is 0 Å². The summed E-state index contributed by atoms with van der Waals surface area (Å²) >= 11 is 0.794. The zero-order valence-electron chi connectivity index (χ0n) is 22.3. The number of nitrogens with zero attached hydrogens (tertiary/aromatic N) is 4. The molecule has 6 rings (SSSR count). The minimum atomic E-state index is -1.06. The summed E-state index contributed by atoms with van der Waals surface area (Å²) in [5.74, 6) is -1.65. The fraction of sp³-hybridized carbons (Fsp3) is 0.258. The normalized spacial score (nSPS) is 15.1. The average Bonchev–Trinajstić information content (AvgIpc) is 3.66. The third-order valence-corrected chi connectivity index (χ3v) is 8.34. The van der Waals surface area contributed by atoms with Gasteiger partial charge in [-0.05, 0) is 36.5 Å². The number of carboxylic acids is 1. The van der Waals surface area contributed by atoms with E-state index in [1.807, 2.05) is 48.5 Å². The molecule has 3 heterocycles. The highest BCUT2D eigenvalue weighted by Crippen LogP contribution is 2.42. The van der Waals surface area contributed by atoms with Crippen LogP contribution in [0.4, 0.5) is 15.3 Å². The lowest BCUT2D eigenvalue weighted by atomic mass is 9.94. The Bertz CT molecular complexity index is 1650. The number of hydrogen-bond acceptors (Lipinski definition) is 6. The van der Waals surface area contributed by atoms with Crippen LogP contribution < -0.4 is 9.80 Å². The molecule has 2 aromatic carbocycles. The van der Waals surface area contributed by atoms with Crippen molar-refractivity contribution in [1.82, 2.24) is 9.97 Å². The van der Waals surface area contributed by atoms with Gasteiger partial charge in [0.15, 0.2) is 5.13 Å². The first kappa shape index (κ1) is 26.8. The molecule has 0 radical (unpaired) electrons. The van der Waals surface area contributed by atoms with Crippen LogP contribution in [0, 0.1) is 11.0 Å². The van der Waals surface area contributed by atoms with Gasteiger partial charge in [0.1, 0.15) is 11.5 Å². The summed E-state index contributed by atoms with van der Waals surface area (Å²) in [6.07, 6.45) is 3.35. The van der Waals surface area contributed by atoms with E-state index in [2.05, 4.69) is 9.97 Å². The lowest BCUT2D eigenvalue weighted by molar-refractivity contribution is -0.140. The van der Waals surface area contributed by atoms with Crippen LogP contribution in [0.3, 0.4) is 0 Å². The van der Waals surface area contributed by atoms with E-state index in [9.17, 15) is 19.5 Å². The number of aliphatic carboxylic acids is 1. The lowest BCUT2D eigenvalue weighted by Gasteiger charge is -2.24. The van der Waals surface area contributed by atoms with Crippen molar-refractivity contribution in [2.24, 2.45) is 5.92 Å². The van der Waals surface area contributed by atoms with Crippen LogP contribution in [0.1, 0.15) is 30.4 Å². The van der Waals surface area contributed by atoms with Gasteiger partial charge in [0, 0.05) is 36.0 Å². The first-order chi connectivity index (χ1) is 19.8. The Hall–Kier alpha value is -4.44. The zero-order chi connectivity index (χ0) is 28.7. The second-order valence-corrected chi connectivity index (χ2v) is 11.4. The lowest BCUT2D eigenvalue weighted by Crippen LogP contribution is -2.39. The fourth-order valence-electron chi connectivity index (χ4n) is 5.30. The first-order valence-electron chi connectivity index (χ1n) is 13.4. The minimum absolute atomic E-state index is 0.0357. The number of aromatic nitrogens is 2. The smallest absolute Gasteiger partial charge is 0.304 e. The molecule has 2 aromatic heterocycles. The number of anilines is 2. The molecule has 2 amide bonds. The zero-order valence-corrected chi connectivity index (χ0v) is 23.1. The molecule has 2 aliphatic rings. The van der Waals surface area contributed by atoms with Crippen LogP contribution >= 0.6 is 11.3 Å². The molecule has 208 valence electrons. The van der Waals surface area contributed by atoms with E-state index in [1.165, 1.54) is 9.80 Å². The second-order valence-electron chi connectivity index (χ2n) is 10.4. The molecule has 1 saturated carbocycles. The highest BCUT2D eigenvalue weighted by atomic mass is 32.1. The summed E-state index contributed by atoms with van der Waals surface area (Å²) in [4.78, 5) is 49.9. The molecule has 0 saturated heterocycles.